The van der Waals surface area contributed by atoms with Crippen LogP contribution in [0.1, 0.15) is 30.9 Å². The quantitative estimate of drug-likeness (QED) is 0.831. The van der Waals surface area contributed by atoms with E-state index < -0.39 is 0 Å². The first kappa shape index (κ1) is 11.4. The van der Waals surface area contributed by atoms with Crippen LogP contribution in [0.25, 0.3) is 0 Å². The molecule has 2 atom stereocenters. The minimum atomic E-state index is -0.269. The van der Waals surface area contributed by atoms with Crippen LogP contribution in [0.5, 0.6) is 0 Å². The summed E-state index contributed by atoms with van der Waals surface area (Å²) in [6, 6.07) is 10.7. The molecule has 2 unspecified atom stereocenters. The van der Waals surface area contributed by atoms with Gasteiger partial charge in [0.1, 0.15) is 18.3 Å². The van der Waals surface area contributed by atoms with Gasteiger partial charge in [0.05, 0.1) is 6.04 Å². The third-order valence-electron chi connectivity index (χ3n) is 3.95. The third-order valence-corrected chi connectivity index (χ3v) is 3.95. The highest BCUT2D eigenvalue weighted by Gasteiger charge is 2.46. The van der Waals surface area contributed by atoms with Gasteiger partial charge in [0, 0.05) is 7.11 Å². The van der Waals surface area contributed by atoms with Gasteiger partial charge >= 0.3 is 0 Å². The summed E-state index contributed by atoms with van der Waals surface area (Å²) in [7, 11) is 1.79. The summed E-state index contributed by atoms with van der Waals surface area (Å²) in [5.74, 6) is 0. The molecule has 0 spiro atoms. The van der Waals surface area contributed by atoms with Crippen molar-refractivity contribution >= 4 is 0 Å². The summed E-state index contributed by atoms with van der Waals surface area (Å²) >= 11 is 0. The van der Waals surface area contributed by atoms with Gasteiger partial charge in [0.25, 0.3) is 0 Å². The highest BCUT2D eigenvalue weighted by Crippen LogP contribution is 2.48. The van der Waals surface area contributed by atoms with Crippen molar-refractivity contribution in [3.05, 3.63) is 48.5 Å². The van der Waals surface area contributed by atoms with Gasteiger partial charge in [-0.2, -0.15) is 5.10 Å². The summed E-state index contributed by atoms with van der Waals surface area (Å²) in [6.45, 7) is 0. The average molecular weight is 243 g/mol. The first-order valence-corrected chi connectivity index (χ1v) is 6.31. The zero-order valence-electron chi connectivity index (χ0n) is 10.5. The Morgan fingerprint density at radius 1 is 1.33 bits per heavy atom. The maximum atomic E-state index is 5.93. The van der Waals surface area contributed by atoms with E-state index in [2.05, 4.69) is 34.3 Å². The molecule has 0 aliphatic heterocycles. The Morgan fingerprint density at radius 2 is 2.17 bits per heavy atom. The van der Waals surface area contributed by atoms with E-state index >= 15 is 0 Å². The molecule has 1 fully saturated rings. The van der Waals surface area contributed by atoms with Crippen LogP contribution in [0.4, 0.5) is 0 Å². The fraction of sp³-hybridized carbons (Fsp3) is 0.429. The van der Waals surface area contributed by atoms with E-state index in [1.165, 1.54) is 5.56 Å². The maximum absolute atomic E-state index is 5.93. The van der Waals surface area contributed by atoms with Crippen molar-refractivity contribution in [3.8, 4) is 0 Å². The van der Waals surface area contributed by atoms with E-state index in [1.54, 1.807) is 19.8 Å². The first-order chi connectivity index (χ1) is 8.87. The van der Waals surface area contributed by atoms with Gasteiger partial charge in [-0.25, -0.2) is 9.67 Å². The highest BCUT2D eigenvalue weighted by molar-refractivity contribution is 5.26. The van der Waals surface area contributed by atoms with Crippen LogP contribution in [-0.2, 0) is 10.3 Å². The van der Waals surface area contributed by atoms with Crippen molar-refractivity contribution in [2.75, 3.05) is 7.11 Å². The van der Waals surface area contributed by atoms with Crippen LogP contribution in [0.3, 0.4) is 0 Å². The predicted molar refractivity (Wildman–Crippen MR) is 68.0 cm³/mol. The van der Waals surface area contributed by atoms with E-state index in [-0.39, 0.29) is 11.6 Å². The maximum Gasteiger partial charge on any atom is 0.137 e. The van der Waals surface area contributed by atoms with Crippen LogP contribution in [0.2, 0.25) is 0 Å². The van der Waals surface area contributed by atoms with Gasteiger partial charge in [-0.1, -0.05) is 30.3 Å². The molecular formula is C14H17N3O. The fourth-order valence-corrected chi connectivity index (χ4v) is 3.10. The summed E-state index contributed by atoms with van der Waals surface area (Å²) in [5.41, 5.74) is 0.958. The van der Waals surface area contributed by atoms with E-state index in [1.807, 2.05) is 10.7 Å². The Labute approximate surface area is 107 Å². The van der Waals surface area contributed by atoms with Crippen molar-refractivity contribution in [2.24, 2.45) is 0 Å². The van der Waals surface area contributed by atoms with Crippen LogP contribution < -0.4 is 0 Å². The minimum absolute atomic E-state index is 0.229. The van der Waals surface area contributed by atoms with Gasteiger partial charge in [-0.3, -0.25) is 0 Å². The molecule has 0 N–H and O–H groups in total. The SMILES string of the molecule is COC1(c2ccccc2)CCCC1n1cncn1. The summed E-state index contributed by atoms with van der Waals surface area (Å²) in [6.07, 6.45) is 6.62. The number of rotatable bonds is 3. The standard InChI is InChI=1S/C14H17N3O/c1-18-14(12-6-3-2-4-7-12)9-5-8-13(14)17-11-15-10-16-17/h2-4,6-7,10-11,13H,5,8-9H2,1H3. The summed E-state index contributed by atoms with van der Waals surface area (Å²) in [4.78, 5) is 4.06. The molecule has 4 nitrogen and oxygen atoms in total. The molecule has 1 saturated carbocycles. The molecule has 1 aliphatic carbocycles. The van der Waals surface area contributed by atoms with Crippen molar-refractivity contribution in [3.63, 3.8) is 0 Å². The summed E-state index contributed by atoms with van der Waals surface area (Å²) < 4.78 is 7.87. The topological polar surface area (TPSA) is 39.9 Å². The molecule has 94 valence electrons. The molecular weight excluding hydrogens is 226 g/mol. The molecule has 0 bridgehead atoms. The van der Waals surface area contributed by atoms with Gasteiger partial charge < -0.3 is 4.74 Å². The van der Waals surface area contributed by atoms with Crippen molar-refractivity contribution < 1.29 is 4.74 Å². The fourth-order valence-electron chi connectivity index (χ4n) is 3.10. The Kier molecular flexibility index (Phi) is 2.88. The van der Waals surface area contributed by atoms with Gasteiger partial charge in [-0.05, 0) is 24.8 Å². The average Bonchev–Trinajstić information content (AvgIpc) is 3.09. The predicted octanol–water partition coefficient (Wildman–Crippen LogP) is 2.55. The third kappa shape index (κ3) is 1.64. The van der Waals surface area contributed by atoms with Gasteiger partial charge in [-0.15, -0.1) is 0 Å². The lowest BCUT2D eigenvalue weighted by Gasteiger charge is -2.34. The monoisotopic (exact) mass is 243 g/mol. The molecule has 0 radical (unpaired) electrons. The second-order valence-electron chi connectivity index (χ2n) is 4.74. The number of hydrogen-bond acceptors (Lipinski definition) is 3. The molecule has 3 rings (SSSR count). The largest absolute Gasteiger partial charge is 0.371 e. The number of benzene rings is 1. The van der Waals surface area contributed by atoms with Crippen LogP contribution in [-0.4, -0.2) is 21.9 Å². The molecule has 18 heavy (non-hydrogen) atoms. The molecule has 1 aliphatic rings. The second kappa shape index (κ2) is 4.53. The number of ether oxygens (including phenoxy) is 1. The number of hydrogen-bond donors (Lipinski definition) is 0. The van der Waals surface area contributed by atoms with Crippen molar-refractivity contribution in [2.45, 2.75) is 30.9 Å². The van der Waals surface area contributed by atoms with E-state index in [0.29, 0.717) is 0 Å². The van der Waals surface area contributed by atoms with E-state index in [0.717, 1.165) is 19.3 Å². The lowest BCUT2D eigenvalue weighted by Crippen LogP contribution is -2.34. The Bertz CT molecular complexity index is 497. The van der Waals surface area contributed by atoms with E-state index in [4.69, 9.17) is 4.74 Å². The van der Waals surface area contributed by atoms with Crippen LogP contribution in [0.15, 0.2) is 43.0 Å². The Balaban J connectivity index is 2.05. The molecule has 0 saturated heterocycles. The normalized spacial score (nSPS) is 27.5. The van der Waals surface area contributed by atoms with Crippen LogP contribution in [0, 0.1) is 0 Å². The van der Waals surface area contributed by atoms with Crippen molar-refractivity contribution in [1.29, 1.82) is 0 Å². The smallest absolute Gasteiger partial charge is 0.137 e. The highest BCUT2D eigenvalue weighted by atomic mass is 16.5. The number of aromatic nitrogens is 3. The molecule has 1 aromatic heterocycles. The number of nitrogens with zero attached hydrogens (tertiary/aromatic N) is 3. The minimum Gasteiger partial charge on any atom is -0.371 e. The Hall–Kier alpha value is -1.68. The molecule has 1 heterocycles. The first-order valence-electron chi connectivity index (χ1n) is 6.31. The molecule has 0 amide bonds. The lowest BCUT2D eigenvalue weighted by molar-refractivity contribution is -0.0451. The zero-order chi connectivity index (χ0) is 12.4. The summed E-state index contributed by atoms with van der Waals surface area (Å²) in [5, 5.41) is 4.29. The zero-order valence-corrected chi connectivity index (χ0v) is 10.5. The van der Waals surface area contributed by atoms with Gasteiger partial charge in [0.15, 0.2) is 0 Å². The van der Waals surface area contributed by atoms with Crippen LogP contribution >= 0.6 is 0 Å². The second-order valence-corrected chi connectivity index (χ2v) is 4.74. The van der Waals surface area contributed by atoms with E-state index in [9.17, 15) is 0 Å². The molecule has 4 heteroatoms. The van der Waals surface area contributed by atoms with Crippen molar-refractivity contribution in [1.82, 2.24) is 14.8 Å². The molecule has 1 aromatic carbocycles. The van der Waals surface area contributed by atoms with Gasteiger partial charge in [0.2, 0.25) is 0 Å². The lowest BCUT2D eigenvalue weighted by atomic mass is 9.88. The number of methoxy groups -OCH3 is 1. The molecule has 2 aromatic rings. The Morgan fingerprint density at radius 3 is 2.83 bits per heavy atom.